The minimum Gasteiger partial charge on any atom is -0.492 e. The Hall–Kier alpha value is -0.660. The average molecular weight is 216 g/mol. The summed E-state index contributed by atoms with van der Waals surface area (Å²) in [5.41, 5.74) is 0.817. The van der Waals surface area contributed by atoms with Crippen molar-refractivity contribution in [2.75, 3.05) is 12.5 Å². The molecule has 0 aliphatic rings. The fourth-order valence-electron chi connectivity index (χ4n) is 0.905. The monoisotopic (exact) mass is 215 g/mol. The molecule has 1 nitrogen and oxygen atoms in total. The minimum atomic E-state index is 0.458. The van der Waals surface area contributed by atoms with E-state index in [1.165, 1.54) is 0 Å². The van der Waals surface area contributed by atoms with Crippen molar-refractivity contribution in [3.8, 4) is 5.75 Å². The van der Waals surface area contributed by atoms with Crippen LogP contribution in [0.15, 0.2) is 24.8 Å². The van der Waals surface area contributed by atoms with Crippen LogP contribution >= 0.6 is 23.2 Å². The third-order valence-electron chi connectivity index (χ3n) is 1.42. The average Bonchev–Trinajstić information content (AvgIpc) is 2.14. The van der Waals surface area contributed by atoms with Crippen LogP contribution in [0.2, 0.25) is 5.02 Å². The van der Waals surface area contributed by atoms with Gasteiger partial charge in [0, 0.05) is 5.02 Å². The van der Waals surface area contributed by atoms with Crippen LogP contribution in [0.5, 0.6) is 5.75 Å². The van der Waals surface area contributed by atoms with Gasteiger partial charge in [0.15, 0.2) is 0 Å². The zero-order valence-corrected chi connectivity index (χ0v) is 8.53. The Morgan fingerprint density at radius 3 is 2.77 bits per heavy atom. The molecule has 1 aromatic rings. The molecule has 0 bridgehead atoms. The largest absolute Gasteiger partial charge is 0.492 e. The molecule has 0 saturated carbocycles. The van der Waals surface area contributed by atoms with Crippen LogP contribution in [0, 0.1) is 6.08 Å². The second-order valence-corrected chi connectivity index (χ2v) is 3.20. The van der Waals surface area contributed by atoms with Crippen LogP contribution in [0.4, 0.5) is 0 Å². The summed E-state index contributed by atoms with van der Waals surface area (Å²) >= 11 is 11.3. The van der Waals surface area contributed by atoms with Crippen LogP contribution in [-0.4, -0.2) is 12.5 Å². The summed E-state index contributed by atoms with van der Waals surface area (Å²) in [5, 5.41) is 0.609. The fourth-order valence-corrected chi connectivity index (χ4v) is 1.21. The summed E-state index contributed by atoms with van der Waals surface area (Å²) in [4.78, 5) is 0. The molecule has 13 heavy (non-hydrogen) atoms. The van der Waals surface area contributed by atoms with Gasteiger partial charge in [0.05, 0.1) is 5.88 Å². The van der Waals surface area contributed by atoms with Gasteiger partial charge in [-0.1, -0.05) is 18.2 Å². The van der Waals surface area contributed by atoms with Crippen molar-refractivity contribution in [3.63, 3.8) is 0 Å². The van der Waals surface area contributed by atoms with Crippen LogP contribution < -0.4 is 4.74 Å². The second kappa shape index (κ2) is 5.15. The first-order valence-electron chi connectivity index (χ1n) is 3.78. The zero-order valence-electron chi connectivity index (χ0n) is 7.02. The van der Waals surface area contributed by atoms with Crippen molar-refractivity contribution in [3.05, 3.63) is 41.4 Å². The first kappa shape index (κ1) is 10.4. The van der Waals surface area contributed by atoms with E-state index in [2.05, 4.69) is 12.7 Å². The quantitative estimate of drug-likeness (QED) is 0.701. The molecule has 0 fully saturated rings. The third-order valence-corrected chi connectivity index (χ3v) is 1.79. The maximum atomic E-state index is 5.83. The molecule has 0 amide bonds. The number of hydrogen-bond acceptors (Lipinski definition) is 1. The lowest BCUT2D eigenvalue weighted by atomic mass is 10.2. The molecule has 0 aliphatic carbocycles. The highest BCUT2D eigenvalue weighted by Gasteiger charge is 1.98. The first-order valence-corrected chi connectivity index (χ1v) is 4.70. The molecule has 0 unspecified atom stereocenters. The van der Waals surface area contributed by atoms with E-state index in [0.717, 1.165) is 5.56 Å². The van der Waals surface area contributed by atoms with Gasteiger partial charge in [0.2, 0.25) is 0 Å². The summed E-state index contributed by atoms with van der Waals surface area (Å²) < 4.78 is 5.29. The molecule has 3 heteroatoms. The van der Waals surface area contributed by atoms with Gasteiger partial charge in [-0.25, -0.2) is 0 Å². The topological polar surface area (TPSA) is 9.23 Å². The lowest BCUT2D eigenvalue weighted by Gasteiger charge is -2.05. The van der Waals surface area contributed by atoms with E-state index in [1.807, 2.05) is 6.07 Å². The molecule has 0 heterocycles. The van der Waals surface area contributed by atoms with Gasteiger partial charge in [-0.05, 0) is 29.8 Å². The molecule has 1 radical (unpaired) electrons. The Labute approximate surface area is 87.9 Å². The number of halogens is 2. The van der Waals surface area contributed by atoms with Gasteiger partial charge >= 0.3 is 0 Å². The van der Waals surface area contributed by atoms with Gasteiger partial charge < -0.3 is 4.74 Å². The molecule has 0 spiro atoms. The highest BCUT2D eigenvalue weighted by atomic mass is 35.5. The van der Waals surface area contributed by atoms with Crippen LogP contribution in [0.3, 0.4) is 0 Å². The summed E-state index contributed by atoms with van der Waals surface area (Å²) in [6, 6.07) is 5.31. The van der Waals surface area contributed by atoms with E-state index < -0.39 is 0 Å². The van der Waals surface area contributed by atoms with Crippen molar-refractivity contribution in [2.24, 2.45) is 0 Å². The van der Waals surface area contributed by atoms with Crippen molar-refractivity contribution in [2.45, 2.75) is 0 Å². The molecule has 1 rings (SSSR count). The lowest BCUT2D eigenvalue weighted by molar-refractivity contribution is 0.342. The maximum Gasteiger partial charge on any atom is 0.121 e. The van der Waals surface area contributed by atoms with Crippen LogP contribution in [0.25, 0.3) is 0 Å². The van der Waals surface area contributed by atoms with E-state index in [9.17, 15) is 0 Å². The van der Waals surface area contributed by atoms with Crippen molar-refractivity contribution in [1.82, 2.24) is 0 Å². The number of benzene rings is 1. The highest BCUT2D eigenvalue weighted by molar-refractivity contribution is 6.30. The Morgan fingerprint density at radius 2 is 2.15 bits per heavy atom. The molecule has 0 aliphatic heterocycles. The van der Waals surface area contributed by atoms with E-state index in [4.69, 9.17) is 27.9 Å². The zero-order chi connectivity index (χ0) is 9.68. The molecule has 0 saturated heterocycles. The molecule has 0 atom stereocenters. The predicted molar refractivity (Wildman–Crippen MR) is 55.6 cm³/mol. The number of hydrogen-bond donors (Lipinski definition) is 0. The predicted octanol–water partition coefficient (Wildman–Crippen LogP) is 3.29. The summed E-state index contributed by atoms with van der Waals surface area (Å²) in [6.45, 7) is 4.00. The molecule has 0 N–H and O–H groups in total. The van der Waals surface area contributed by atoms with Crippen LogP contribution in [-0.2, 0) is 0 Å². The normalized spacial score (nSPS) is 9.69. The third kappa shape index (κ3) is 3.29. The summed E-state index contributed by atoms with van der Waals surface area (Å²) in [6.07, 6.45) is 2.74. The van der Waals surface area contributed by atoms with Gasteiger partial charge in [-0.2, -0.15) is 0 Å². The van der Waals surface area contributed by atoms with Gasteiger partial charge in [0.25, 0.3) is 0 Å². The summed E-state index contributed by atoms with van der Waals surface area (Å²) in [5.74, 6) is 1.15. The Bertz CT molecular complexity index is 297. The second-order valence-electron chi connectivity index (χ2n) is 2.39. The van der Waals surface area contributed by atoms with Gasteiger partial charge in [-0.3, -0.25) is 0 Å². The van der Waals surface area contributed by atoms with E-state index in [-0.39, 0.29) is 0 Å². The van der Waals surface area contributed by atoms with Crippen molar-refractivity contribution < 1.29 is 4.74 Å². The van der Waals surface area contributed by atoms with Crippen LogP contribution in [0.1, 0.15) is 5.56 Å². The van der Waals surface area contributed by atoms with E-state index in [0.29, 0.717) is 23.3 Å². The lowest BCUT2D eigenvalue weighted by Crippen LogP contribution is -1.98. The number of rotatable bonds is 4. The maximum absolute atomic E-state index is 5.83. The number of ether oxygens (including phenoxy) is 1. The minimum absolute atomic E-state index is 0.458. The molecule has 69 valence electrons. The standard InChI is InChI=1S/C10H9Cl2O/c1-2-8-5-9(12)7-10(6-8)13-4-3-11/h5-7H,1,3-4H2. The van der Waals surface area contributed by atoms with E-state index in [1.54, 1.807) is 12.1 Å². The molecule has 1 aromatic carbocycles. The molecular formula is C10H9Cl2O. The SMILES string of the molecule is C=[C]c1cc(Cl)cc(OCCCl)c1. The highest BCUT2D eigenvalue weighted by Crippen LogP contribution is 2.20. The molecule has 0 aromatic heterocycles. The van der Waals surface area contributed by atoms with Gasteiger partial charge in [0.1, 0.15) is 12.4 Å². The smallest absolute Gasteiger partial charge is 0.121 e. The Balaban J connectivity index is 2.81. The van der Waals surface area contributed by atoms with Crippen molar-refractivity contribution in [1.29, 1.82) is 0 Å². The van der Waals surface area contributed by atoms with Crippen molar-refractivity contribution >= 4 is 23.2 Å². The first-order chi connectivity index (χ1) is 6.26. The van der Waals surface area contributed by atoms with E-state index >= 15 is 0 Å². The summed E-state index contributed by atoms with van der Waals surface area (Å²) in [7, 11) is 0. The Morgan fingerprint density at radius 1 is 1.38 bits per heavy atom. The number of alkyl halides is 1. The molecular weight excluding hydrogens is 207 g/mol. The fraction of sp³-hybridized carbons (Fsp3) is 0.200. The van der Waals surface area contributed by atoms with Gasteiger partial charge in [-0.15, -0.1) is 11.6 Å². The Kier molecular flexibility index (Phi) is 4.13.